The highest BCUT2D eigenvalue weighted by Gasteiger charge is 2.25. The van der Waals surface area contributed by atoms with Crippen molar-refractivity contribution < 1.29 is 9.53 Å². The zero-order valence-corrected chi connectivity index (χ0v) is 16.4. The Hall–Kier alpha value is -1.55. The molecule has 0 bridgehead atoms. The average molecular weight is 347 g/mol. The van der Waals surface area contributed by atoms with Crippen molar-refractivity contribution in [3.05, 3.63) is 35.9 Å². The van der Waals surface area contributed by atoms with Gasteiger partial charge in [-0.3, -0.25) is 0 Å². The zero-order chi connectivity index (χ0) is 18.4. The number of ether oxygens (including phenoxy) is 1. The lowest BCUT2D eigenvalue weighted by atomic mass is 9.82. The van der Waals surface area contributed by atoms with Gasteiger partial charge in [-0.1, -0.05) is 30.3 Å². The summed E-state index contributed by atoms with van der Waals surface area (Å²) in [6.07, 6.45) is 4.61. The second-order valence-electron chi connectivity index (χ2n) is 8.31. The molecule has 0 spiro atoms. The average Bonchev–Trinajstić information content (AvgIpc) is 2.58. The largest absolute Gasteiger partial charge is 0.444 e. The van der Waals surface area contributed by atoms with Crippen molar-refractivity contribution in [1.29, 1.82) is 0 Å². The van der Waals surface area contributed by atoms with Crippen LogP contribution in [-0.2, 0) is 4.74 Å². The summed E-state index contributed by atoms with van der Waals surface area (Å²) in [6.45, 7) is 8.55. The van der Waals surface area contributed by atoms with Crippen molar-refractivity contribution in [3.63, 3.8) is 0 Å². The molecule has 0 radical (unpaired) electrons. The Kier molecular flexibility index (Phi) is 6.88. The van der Waals surface area contributed by atoms with Gasteiger partial charge < -0.3 is 15.0 Å². The van der Waals surface area contributed by atoms with E-state index in [-0.39, 0.29) is 12.1 Å². The highest BCUT2D eigenvalue weighted by Crippen LogP contribution is 2.32. The molecule has 1 unspecified atom stereocenters. The Morgan fingerprint density at radius 2 is 1.80 bits per heavy atom. The molecule has 4 heteroatoms. The van der Waals surface area contributed by atoms with Gasteiger partial charge in [-0.2, -0.15) is 0 Å². The minimum Gasteiger partial charge on any atom is -0.444 e. The van der Waals surface area contributed by atoms with Gasteiger partial charge in [0.15, 0.2) is 0 Å². The monoisotopic (exact) mass is 346 g/mol. The lowest BCUT2D eigenvalue weighted by molar-refractivity contribution is 0.0233. The number of benzene rings is 1. The maximum absolute atomic E-state index is 12.1. The number of amides is 1. The summed E-state index contributed by atoms with van der Waals surface area (Å²) in [4.78, 5) is 13.8. The van der Waals surface area contributed by atoms with Crippen LogP contribution in [0.15, 0.2) is 30.3 Å². The third-order valence-electron chi connectivity index (χ3n) is 5.04. The SMILES string of the molecule is CC(CNC1CCC(c2ccccc2)CC1)N(C)C(=O)OC(C)(C)C. The number of nitrogens with zero attached hydrogens (tertiary/aromatic N) is 1. The van der Waals surface area contributed by atoms with Crippen LogP contribution in [0.4, 0.5) is 4.79 Å². The van der Waals surface area contributed by atoms with E-state index in [9.17, 15) is 4.79 Å². The third-order valence-corrected chi connectivity index (χ3v) is 5.04. The van der Waals surface area contributed by atoms with E-state index in [2.05, 4.69) is 42.6 Å². The molecule has 1 atom stereocenters. The first-order valence-electron chi connectivity index (χ1n) is 9.50. The minimum absolute atomic E-state index is 0.113. The Morgan fingerprint density at radius 1 is 1.20 bits per heavy atom. The summed E-state index contributed by atoms with van der Waals surface area (Å²) in [7, 11) is 1.81. The number of hydrogen-bond donors (Lipinski definition) is 1. The predicted octanol–water partition coefficient (Wildman–Crippen LogP) is 4.56. The molecule has 140 valence electrons. The van der Waals surface area contributed by atoms with Gasteiger partial charge in [-0.15, -0.1) is 0 Å². The molecule has 0 aromatic heterocycles. The van der Waals surface area contributed by atoms with E-state index in [0.717, 1.165) is 6.54 Å². The van der Waals surface area contributed by atoms with Crippen molar-refractivity contribution in [2.75, 3.05) is 13.6 Å². The minimum atomic E-state index is -0.450. The van der Waals surface area contributed by atoms with E-state index in [0.29, 0.717) is 12.0 Å². The van der Waals surface area contributed by atoms with E-state index in [1.807, 2.05) is 27.8 Å². The topological polar surface area (TPSA) is 41.6 Å². The Morgan fingerprint density at radius 3 is 2.36 bits per heavy atom. The van der Waals surface area contributed by atoms with Crippen LogP contribution in [-0.4, -0.2) is 42.3 Å². The lowest BCUT2D eigenvalue weighted by Crippen LogP contribution is -2.46. The Labute approximate surface area is 152 Å². The second-order valence-corrected chi connectivity index (χ2v) is 8.31. The molecule has 0 heterocycles. The maximum atomic E-state index is 12.1. The lowest BCUT2D eigenvalue weighted by Gasteiger charge is -2.32. The smallest absolute Gasteiger partial charge is 0.410 e. The fourth-order valence-corrected chi connectivity index (χ4v) is 3.34. The number of carbonyl (C=O) groups excluding carboxylic acids is 1. The van der Waals surface area contributed by atoms with Crippen LogP contribution in [0.1, 0.15) is 64.9 Å². The zero-order valence-electron chi connectivity index (χ0n) is 16.4. The first kappa shape index (κ1) is 19.8. The highest BCUT2D eigenvalue weighted by molar-refractivity contribution is 5.68. The molecule has 1 fully saturated rings. The number of likely N-dealkylation sites (N-methyl/N-ethyl adjacent to an activating group) is 1. The van der Waals surface area contributed by atoms with Crippen LogP contribution in [0.3, 0.4) is 0 Å². The molecule has 1 aromatic carbocycles. The molecular weight excluding hydrogens is 312 g/mol. The predicted molar refractivity (Wildman–Crippen MR) is 103 cm³/mol. The summed E-state index contributed by atoms with van der Waals surface area (Å²) in [5.41, 5.74) is 1.02. The van der Waals surface area contributed by atoms with E-state index >= 15 is 0 Å². The van der Waals surface area contributed by atoms with Crippen LogP contribution in [0.2, 0.25) is 0 Å². The summed E-state index contributed by atoms with van der Waals surface area (Å²) in [5.74, 6) is 0.695. The number of rotatable bonds is 5. The van der Waals surface area contributed by atoms with Crippen molar-refractivity contribution in [1.82, 2.24) is 10.2 Å². The van der Waals surface area contributed by atoms with Gasteiger partial charge in [-0.05, 0) is 64.9 Å². The van der Waals surface area contributed by atoms with E-state index in [4.69, 9.17) is 4.74 Å². The molecule has 0 aliphatic heterocycles. The van der Waals surface area contributed by atoms with Gasteiger partial charge in [0.2, 0.25) is 0 Å². The van der Waals surface area contributed by atoms with E-state index < -0.39 is 5.60 Å². The van der Waals surface area contributed by atoms with E-state index in [1.54, 1.807) is 4.90 Å². The summed E-state index contributed by atoms with van der Waals surface area (Å²) in [5, 5.41) is 3.64. The van der Waals surface area contributed by atoms with Crippen LogP contribution in [0.25, 0.3) is 0 Å². The van der Waals surface area contributed by atoms with Crippen molar-refractivity contribution >= 4 is 6.09 Å². The van der Waals surface area contributed by atoms with Crippen LogP contribution >= 0.6 is 0 Å². The standard InChI is InChI=1S/C21H34N2O2/c1-16(23(5)20(24)25-21(2,3)4)15-22-19-13-11-18(12-14-19)17-9-7-6-8-10-17/h6-10,16,18-19,22H,11-15H2,1-5H3. The van der Waals surface area contributed by atoms with Crippen molar-refractivity contribution in [2.45, 2.75) is 77.0 Å². The van der Waals surface area contributed by atoms with Crippen LogP contribution in [0, 0.1) is 0 Å². The Balaban J connectivity index is 1.72. The van der Waals surface area contributed by atoms with Crippen LogP contribution in [0.5, 0.6) is 0 Å². The van der Waals surface area contributed by atoms with Gasteiger partial charge in [-0.25, -0.2) is 4.79 Å². The molecule has 25 heavy (non-hydrogen) atoms. The molecular formula is C21H34N2O2. The molecule has 0 saturated heterocycles. The number of carbonyl (C=O) groups is 1. The summed E-state index contributed by atoms with van der Waals surface area (Å²) >= 11 is 0. The van der Waals surface area contributed by atoms with Gasteiger partial charge >= 0.3 is 6.09 Å². The van der Waals surface area contributed by atoms with Gasteiger partial charge in [0.1, 0.15) is 5.60 Å². The third kappa shape index (κ3) is 6.35. The second kappa shape index (κ2) is 8.70. The van der Waals surface area contributed by atoms with Crippen molar-refractivity contribution in [3.8, 4) is 0 Å². The van der Waals surface area contributed by atoms with Gasteiger partial charge in [0.25, 0.3) is 0 Å². The number of hydrogen-bond acceptors (Lipinski definition) is 3. The van der Waals surface area contributed by atoms with Gasteiger partial charge in [0.05, 0.1) is 0 Å². The first-order valence-corrected chi connectivity index (χ1v) is 9.50. The first-order chi connectivity index (χ1) is 11.8. The molecule has 1 saturated carbocycles. The molecule has 2 rings (SSSR count). The summed E-state index contributed by atoms with van der Waals surface area (Å²) < 4.78 is 5.43. The fraction of sp³-hybridized carbons (Fsp3) is 0.667. The molecule has 1 amide bonds. The normalized spacial score (nSPS) is 22.3. The van der Waals surface area contributed by atoms with Gasteiger partial charge in [0, 0.05) is 25.7 Å². The number of nitrogens with one attached hydrogen (secondary N) is 1. The quantitative estimate of drug-likeness (QED) is 0.850. The Bertz CT molecular complexity index is 531. The fourth-order valence-electron chi connectivity index (χ4n) is 3.34. The van der Waals surface area contributed by atoms with Crippen LogP contribution < -0.4 is 5.32 Å². The summed E-state index contributed by atoms with van der Waals surface area (Å²) in [6, 6.07) is 11.5. The van der Waals surface area contributed by atoms with E-state index in [1.165, 1.54) is 31.2 Å². The maximum Gasteiger partial charge on any atom is 0.410 e. The van der Waals surface area contributed by atoms with Crippen molar-refractivity contribution in [2.24, 2.45) is 0 Å². The molecule has 1 aliphatic carbocycles. The molecule has 1 aromatic rings. The molecule has 4 nitrogen and oxygen atoms in total. The molecule has 1 aliphatic rings. The highest BCUT2D eigenvalue weighted by atomic mass is 16.6. The molecule has 1 N–H and O–H groups in total.